The molecule has 21 heavy (non-hydrogen) atoms. The van der Waals surface area contributed by atoms with Crippen LogP contribution in [0, 0.1) is 6.92 Å². The third-order valence-corrected chi connectivity index (χ3v) is 4.60. The maximum atomic E-state index is 6.38. The molecule has 0 saturated carbocycles. The molecule has 0 N–H and O–H groups in total. The molecule has 1 aromatic rings. The summed E-state index contributed by atoms with van der Waals surface area (Å²) in [5, 5.41) is 0.876. The lowest BCUT2D eigenvalue weighted by atomic mass is 10.1. The maximum Gasteiger partial charge on any atom is 0.0642 e. The first kappa shape index (κ1) is 14.7. The molecule has 1 saturated heterocycles. The normalized spacial score (nSPS) is 19.7. The number of aryl methyl sites for hydroxylation is 1. The minimum atomic E-state index is 0.876. The molecule has 1 aliphatic heterocycles. The number of nitrogens with zero attached hydrogens (tertiary/aromatic N) is 2. The molecule has 112 valence electrons. The Hall–Kier alpha value is -1.25. The van der Waals surface area contributed by atoms with E-state index in [0.29, 0.717) is 0 Å². The molecule has 0 amide bonds. The molecule has 0 bridgehead atoms. The SMILES string of the molecule is Cc1ccc(N2CCN(CC3=CCCC=C3)CC2)c(Cl)c1. The highest BCUT2D eigenvalue weighted by atomic mass is 35.5. The van der Waals surface area contributed by atoms with Gasteiger partial charge < -0.3 is 4.90 Å². The van der Waals surface area contributed by atoms with Crippen LogP contribution in [0.3, 0.4) is 0 Å². The van der Waals surface area contributed by atoms with Crippen LogP contribution in [0.5, 0.6) is 0 Å². The fraction of sp³-hybridized carbons (Fsp3) is 0.444. The first-order valence-corrected chi connectivity index (χ1v) is 8.19. The Kier molecular flexibility index (Phi) is 4.67. The maximum absolute atomic E-state index is 6.38. The Labute approximate surface area is 132 Å². The summed E-state index contributed by atoms with van der Waals surface area (Å²) in [4.78, 5) is 4.95. The van der Waals surface area contributed by atoms with E-state index in [1.54, 1.807) is 0 Å². The summed E-state index contributed by atoms with van der Waals surface area (Å²) in [6, 6.07) is 6.35. The van der Waals surface area contributed by atoms with Gasteiger partial charge in [0.05, 0.1) is 10.7 Å². The van der Waals surface area contributed by atoms with E-state index in [4.69, 9.17) is 11.6 Å². The number of allylic oxidation sites excluding steroid dienone is 2. The highest BCUT2D eigenvalue weighted by molar-refractivity contribution is 6.33. The number of rotatable bonds is 3. The summed E-state index contributed by atoms with van der Waals surface area (Å²) in [5.41, 5.74) is 3.88. The largest absolute Gasteiger partial charge is 0.368 e. The van der Waals surface area contributed by atoms with Gasteiger partial charge >= 0.3 is 0 Å². The summed E-state index contributed by atoms with van der Waals surface area (Å²) >= 11 is 6.38. The van der Waals surface area contributed by atoms with E-state index < -0.39 is 0 Å². The average molecular weight is 303 g/mol. The zero-order valence-corrected chi connectivity index (χ0v) is 13.4. The van der Waals surface area contributed by atoms with Crippen molar-refractivity contribution < 1.29 is 0 Å². The lowest BCUT2D eigenvalue weighted by Crippen LogP contribution is -2.47. The van der Waals surface area contributed by atoms with E-state index in [1.807, 2.05) is 0 Å². The number of piperazine rings is 1. The van der Waals surface area contributed by atoms with Crippen molar-refractivity contribution in [1.29, 1.82) is 0 Å². The van der Waals surface area contributed by atoms with Crippen LogP contribution in [0.25, 0.3) is 0 Å². The van der Waals surface area contributed by atoms with E-state index in [1.165, 1.54) is 29.7 Å². The van der Waals surface area contributed by atoms with Gasteiger partial charge in [-0.15, -0.1) is 0 Å². The Bertz CT molecular complexity index is 554. The number of hydrogen-bond donors (Lipinski definition) is 0. The molecule has 0 atom stereocenters. The second kappa shape index (κ2) is 6.67. The molecule has 2 nitrogen and oxygen atoms in total. The van der Waals surface area contributed by atoms with Gasteiger partial charge in [-0.25, -0.2) is 0 Å². The van der Waals surface area contributed by atoms with Crippen molar-refractivity contribution in [1.82, 2.24) is 4.90 Å². The summed E-state index contributed by atoms with van der Waals surface area (Å²) < 4.78 is 0. The zero-order chi connectivity index (χ0) is 14.7. The quantitative estimate of drug-likeness (QED) is 0.831. The van der Waals surface area contributed by atoms with Crippen molar-refractivity contribution in [3.8, 4) is 0 Å². The molecule has 1 aliphatic carbocycles. The van der Waals surface area contributed by atoms with Gasteiger partial charge in [0, 0.05) is 32.7 Å². The lowest BCUT2D eigenvalue weighted by Gasteiger charge is -2.36. The van der Waals surface area contributed by atoms with Crippen molar-refractivity contribution in [2.45, 2.75) is 19.8 Å². The molecule has 1 heterocycles. The summed E-state index contributed by atoms with van der Waals surface area (Å²) in [5.74, 6) is 0. The van der Waals surface area contributed by atoms with Gasteiger partial charge in [-0.3, -0.25) is 4.90 Å². The lowest BCUT2D eigenvalue weighted by molar-refractivity contribution is 0.279. The molecule has 0 radical (unpaired) electrons. The fourth-order valence-electron chi connectivity index (χ4n) is 3.06. The fourth-order valence-corrected chi connectivity index (χ4v) is 3.41. The van der Waals surface area contributed by atoms with Gasteiger partial charge in [0.1, 0.15) is 0 Å². The van der Waals surface area contributed by atoms with Crippen LogP contribution in [0.2, 0.25) is 5.02 Å². The Balaban J connectivity index is 1.57. The number of halogens is 1. The Morgan fingerprint density at radius 1 is 1.10 bits per heavy atom. The third kappa shape index (κ3) is 3.69. The van der Waals surface area contributed by atoms with Crippen LogP contribution in [0.4, 0.5) is 5.69 Å². The first-order valence-electron chi connectivity index (χ1n) is 7.81. The van der Waals surface area contributed by atoms with E-state index in [-0.39, 0.29) is 0 Å². The predicted molar refractivity (Wildman–Crippen MR) is 91.3 cm³/mol. The summed E-state index contributed by atoms with van der Waals surface area (Å²) in [6.45, 7) is 7.50. The molecular formula is C18H23ClN2. The van der Waals surface area contributed by atoms with E-state index in [0.717, 1.165) is 37.7 Å². The van der Waals surface area contributed by atoms with E-state index >= 15 is 0 Å². The second-order valence-electron chi connectivity index (χ2n) is 5.98. The smallest absolute Gasteiger partial charge is 0.0642 e. The minimum Gasteiger partial charge on any atom is -0.368 e. The minimum absolute atomic E-state index is 0.876. The van der Waals surface area contributed by atoms with Crippen molar-refractivity contribution in [2.75, 3.05) is 37.6 Å². The van der Waals surface area contributed by atoms with Crippen LogP contribution in [-0.4, -0.2) is 37.6 Å². The molecule has 3 heteroatoms. The molecular weight excluding hydrogens is 280 g/mol. The van der Waals surface area contributed by atoms with Crippen LogP contribution in [0.15, 0.2) is 42.0 Å². The zero-order valence-electron chi connectivity index (χ0n) is 12.7. The Morgan fingerprint density at radius 3 is 2.57 bits per heavy atom. The standard InChI is InChI=1S/C18H23ClN2/c1-15-7-8-18(17(19)13-15)21-11-9-20(10-12-21)14-16-5-3-2-4-6-16/h3,5-8,13H,2,4,9-12,14H2,1H3. The molecule has 0 spiro atoms. The van der Waals surface area contributed by atoms with Crippen LogP contribution < -0.4 is 4.90 Å². The van der Waals surface area contributed by atoms with Crippen molar-refractivity contribution in [3.63, 3.8) is 0 Å². The first-order chi connectivity index (χ1) is 10.2. The molecule has 1 fully saturated rings. The molecule has 1 aromatic carbocycles. The Morgan fingerprint density at radius 2 is 1.90 bits per heavy atom. The van der Waals surface area contributed by atoms with Gasteiger partial charge in [-0.05, 0) is 43.0 Å². The predicted octanol–water partition coefficient (Wildman–Crippen LogP) is 4.05. The average Bonchev–Trinajstić information content (AvgIpc) is 2.49. The summed E-state index contributed by atoms with van der Waals surface area (Å²) in [7, 11) is 0. The topological polar surface area (TPSA) is 6.48 Å². The van der Waals surface area contributed by atoms with Gasteiger partial charge in [0.15, 0.2) is 0 Å². The highest BCUT2D eigenvalue weighted by Crippen LogP contribution is 2.27. The van der Waals surface area contributed by atoms with Gasteiger partial charge in [-0.1, -0.05) is 35.9 Å². The van der Waals surface area contributed by atoms with Crippen LogP contribution in [-0.2, 0) is 0 Å². The number of anilines is 1. The monoisotopic (exact) mass is 302 g/mol. The van der Waals surface area contributed by atoms with Crippen molar-refractivity contribution in [2.24, 2.45) is 0 Å². The van der Waals surface area contributed by atoms with E-state index in [2.05, 4.69) is 53.2 Å². The van der Waals surface area contributed by atoms with E-state index in [9.17, 15) is 0 Å². The van der Waals surface area contributed by atoms with Gasteiger partial charge in [0.25, 0.3) is 0 Å². The highest BCUT2D eigenvalue weighted by Gasteiger charge is 2.19. The molecule has 0 unspecified atom stereocenters. The number of benzene rings is 1. The molecule has 3 rings (SSSR count). The molecule has 0 aromatic heterocycles. The van der Waals surface area contributed by atoms with Crippen molar-refractivity contribution >= 4 is 17.3 Å². The van der Waals surface area contributed by atoms with Gasteiger partial charge in [-0.2, -0.15) is 0 Å². The van der Waals surface area contributed by atoms with Crippen LogP contribution in [0.1, 0.15) is 18.4 Å². The van der Waals surface area contributed by atoms with Crippen molar-refractivity contribution in [3.05, 3.63) is 52.6 Å². The third-order valence-electron chi connectivity index (χ3n) is 4.29. The van der Waals surface area contributed by atoms with Gasteiger partial charge in [0.2, 0.25) is 0 Å². The number of hydrogen-bond acceptors (Lipinski definition) is 2. The summed E-state index contributed by atoms with van der Waals surface area (Å²) in [6.07, 6.45) is 9.35. The van der Waals surface area contributed by atoms with Crippen LogP contribution >= 0.6 is 11.6 Å². The second-order valence-corrected chi connectivity index (χ2v) is 6.38. The molecule has 2 aliphatic rings.